The summed E-state index contributed by atoms with van der Waals surface area (Å²) >= 11 is 1.13. The molecule has 4 rings (SSSR count). The van der Waals surface area contributed by atoms with Gasteiger partial charge in [0.1, 0.15) is 11.3 Å². The van der Waals surface area contributed by atoms with E-state index in [1.54, 1.807) is 22.8 Å². The topological polar surface area (TPSA) is 96.9 Å². The molecule has 7 nitrogen and oxygen atoms in total. The van der Waals surface area contributed by atoms with Crippen molar-refractivity contribution < 1.29 is 4.39 Å². The smallest absolute Gasteiger partial charge is 0.214 e. The van der Waals surface area contributed by atoms with Crippen molar-refractivity contribution in [3.05, 3.63) is 54.1 Å². The van der Waals surface area contributed by atoms with Crippen molar-refractivity contribution in [2.24, 2.45) is 0 Å². The lowest BCUT2D eigenvalue weighted by Crippen LogP contribution is -2.03. The summed E-state index contributed by atoms with van der Waals surface area (Å²) in [6.07, 6.45) is 1.81. The molecule has 1 aromatic carbocycles. The highest BCUT2D eigenvalue weighted by Crippen LogP contribution is 2.30. The van der Waals surface area contributed by atoms with Gasteiger partial charge in [-0.05, 0) is 49.0 Å². The predicted octanol–water partition coefficient (Wildman–Crippen LogP) is 3.38. The maximum atomic E-state index is 14.0. The first kappa shape index (κ1) is 15.5. The zero-order chi connectivity index (χ0) is 17.4. The Labute approximate surface area is 146 Å². The zero-order valence-corrected chi connectivity index (χ0v) is 14.0. The van der Waals surface area contributed by atoms with Gasteiger partial charge in [0.05, 0.1) is 4.90 Å². The second-order valence-corrected chi connectivity index (χ2v) is 6.44. The predicted molar refractivity (Wildman–Crippen MR) is 94.5 cm³/mol. The van der Waals surface area contributed by atoms with Crippen LogP contribution in [0.3, 0.4) is 0 Å². The van der Waals surface area contributed by atoms with E-state index in [9.17, 15) is 4.39 Å². The molecule has 126 valence electrons. The molecular weight excluding hydrogens is 341 g/mol. The number of hydrogen-bond donors (Lipinski definition) is 3. The molecule has 0 unspecified atom stereocenters. The molecule has 25 heavy (non-hydrogen) atoms. The molecule has 0 radical (unpaired) electrons. The lowest BCUT2D eigenvalue weighted by molar-refractivity contribution is 0.602. The van der Waals surface area contributed by atoms with Gasteiger partial charge in [-0.1, -0.05) is 0 Å². The van der Waals surface area contributed by atoms with Crippen LogP contribution in [-0.4, -0.2) is 24.8 Å². The molecule has 0 saturated heterocycles. The maximum absolute atomic E-state index is 14.0. The Morgan fingerprint density at radius 2 is 2.16 bits per heavy atom. The number of aromatic nitrogens is 5. The first-order valence-electron chi connectivity index (χ1n) is 7.46. The number of nitrogens with zero attached hydrogens (tertiary/aromatic N) is 4. The van der Waals surface area contributed by atoms with Crippen LogP contribution in [0.25, 0.3) is 5.52 Å². The summed E-state index contributed by atoms with van der Waals surface area (Å²) < 4.78 is 15.7. The maximum Gasteiger partial charge on any atom is 0.214 e. The molecule has 0 atom stereocenters. The summed E-state index contributed by atoms with van der Waals surface area (Å²) in [5.74, 6) is 0.831. The van der Waals surface area contributed by atoms with Crippen LogP contribution < -0.4 is 11.1 Å². The summed E-state index contributed by atoms with van der Waals surface area (Å²) in [6, 6.07) is 10.2. The van der Waals surface area contributed by atoms with E-state index in [1.165, 1.54) is 6.07 Å². The van der Waals surface area contributed by atoms with E-state index in [4.69, 9.17) is 5.73 Å². The number of halogens is 1. The highest BCUT2D eigenvalue weighted by Gasteiger charge is 2.12. The molecule has 0 bridgehead atoms. The Bertz CT molecular complexity index is 1060. The number of aromatic amines is 1. The normalized spacial score (nSPS) is 11.1. The van der Waals surface area contributed by atoms with Gasteiger partial charge in [-0.2, -0.15) is 5.10 Å². The number of nitrogen functional groups attached to an aromatic ring is 1. The van der Waals surface area contributed by atoms with Crippen molar-refractivity contribution in [3.8, 4) is 0 Å². The van der Waals surface area contributed by atoms with E-state index >= 15 is 0 Å². The molecule has 4 aromatic rings. The lowest BCUT2D eigenvalue weighted by Gasteiger charge is -2.08. The quantitative estimate of drug-likeness (QED) is 0.486. The van der Waals surface area contributed by atoms with Gasteiger partial charge >= 0.3 is 0 Å². The van der Waals surface area contributed by atoms with Crippen molar-refractivity contribution >= 4 is 34.6 Å². The number of fused-ring (bicyclic) bond motifs is 1. The molecule has 3 heterocycles. The fourth-order valence-corrected chi connectivity index (χ4v) is 3.11. The molecule has 0 saturated carbocycles. The summed E-state index contributed by atoms with van der Waals surface area (Å²) in [6.45, 7) is 1.91. The number of aryl methyl sites for hydroxylation is 1. The number of hydrogen-bond acceptors (Lipinski definition) is 6. The first-order chi connectivity index (χ1) is 12.1. The van der Waals surface area contributed by atoms with Crippen LogP contribution in [-0.2, 0) is 0 Å². The monoisotopic (exact) mass is 355 g/mol. The van der Waals surface area contributed by atoms with Crippen molar-refractivity contribution in [1.29, 1.82) is 0 Å². The Kier molecular flexibility index (Phi) is 3.77. The van der Waals surface area contributed by atoms with E-state index in [0.717, 1.165) is 23.0 Å². The highest BCUT2D eigenvalue weighted by molar-refractivity contribution is 7.99. The van der Waals surface area contributed by atoms with Gasteiger partial charge in [-0.15, -0.1) is 5.10 Å². The van der Waals surface area contributed by atoms with Crippen molar-refractivity contribution in [2.45, 2.75) is 17.0 Å². The standard InChI is InChI=1S/C16H14FN7S/c1-9-7-14(22-21-9)19-15-12-3-2-6-24(12)23-16(20-15)25-13-5-4-10(18)8-11(13)17/h2-8H,18H2,1H3,(H2,19,20,21,22,23). The van der Waals surface area contributed by atoms with Crippen LogP contribution in [0.2, 0.25) is 0 Å². The van der Waals surface area contributed by atoms with E-state index in [-0.39, 0.29) is 0 Å². The minimum absolute atomic E-state index is 0.375. The number of nitrogens with one attached hydrogen (secondary N) is 2. The number of nitrogens with two attached hydrogens (primary N) is 1. The number of benzene rings is 1. The SMILES string of the molecule is Cc1cc(Nc2nc(Sc3ccc(N)cc3F)nn3cccc23)n[nH]1. The Morgan fingerprint density at radius 1 is 1.28 bits per heavy atom. The van der Waals surface area contributed by atoms with Gasteiger partial charge in [0.15, 0.2) is 11.6 Å². The molecule has 0 aliphatic rings. The van der Waals surface area contributed by atoms with E-state index in [2.05, 4.69) is 25.6 Å². The minimum Gasteiger partial charge on any atom is -0.399 e. The van der Waals surface area contributed by atoms with Crippen LogP contribution in [0.5, 0.6) is 0 Å². The lowest BCUT2D eigenvalue weighted by atomic mass is 10.3. The summed E-state index contributed by atoms with van der Waals surface area (Å²) in [7, 11) is 0. The van der Waals surface area contributed by atoms with Gasteiger partial charge < -0.3 is 11.1 Å². The second-order valence-electron chi connectivity index (χ2n) is 5.43. The largest absolute Gasteiger partial charge is 0.399 e. The highest BCUT2D eigenvalue weighted by atomic mass is 32.2. The van der Waals surface area contributed by atoms with Gasteiger partial charge in [0, 0.05) is 23.6 Å². The Hall–Kier alpha value is -3.07. The van der Waals surface area contributed by atoms with Crippen molar-refractivity contribution in [3.63, 3.8) is 0 Å². The number of anilines is 3. The van der Waals surface area contributed by atoms with Crippen LogP contribution in [0, 0.1) is 12.7 Å². The van der Waals surface area contributed by atoms with Gasteiger partial charge in [-0.3, -0.25) is 5.10 Å². The average Bonchev–Trinajstić information content (AvgIpc) is 3.19. The molecule has 0 spiro atoms. The summed E-state index contributed by atoms with van der Waals surface area (Å²) in [4.78, 5) is 4.91. The molecule has 0 fully saturated rings. The first-order valence-corrected chi connectivity index (χ1v) is 8.27. The van der Waals surface area contributed by atoms with Crippen LogP contribution in [0.1, 0.15) is 5.69 Å². The average molecular weight is 355 g/mol. The number of rotatable bonds is 4. The van der Waals surface area contributed by atoms with Gasteiger partial charge in [0.2, 0.25) is 5.16 Å². The van der Waals surface area contributed by atoms with Crippen LogP contribution in [0.4, 0.5) is 21.7 Å². The van der Waals surface area contributed by atoms with E-state index < -0.39 is 5.82 Å². The summed E-state index contributed by atoms with van der Waals surface area (Å²) in [5, 5.41) is 15.0. The third kappa shape index (κ3) is 3.13. The molecule has 0 aliphatic heterocycles. The fraction of sp³-hybridized carbons (Fsp3) is 0.0625. The molecule has 9 heteroatoms. The zero-order valence-electron chi connectivity index (χ0n) is 13.2. The molecule has 4 N–H and O–H groups in total. The molecular formula is C16H14FN7S. The van der Waals surface area contributed by atoms with Gasteiger partial charge in [-0.25, -0.2) is 13.9 Å². The summed E-state index contributed by atoms with van der Waals surface area (Å²) in [5.41, 5.74) is 7.69. The van der Waals surface area contributed by atoms with Crippen LogP contribution in [0.15, 0.2) is 52.6 Å². The fourth-order valence-electron chi connectivity index (χ4n) is 2.35. The van der Waals surface area contributed by atoms with Crippen molar-refractivity contribution in [2.75, 3.05) is 11.1 Å². The Morgan fingerprint density at radius 3 is 2.92 bits per heavy atom. The van der Waals surface area contributed by atoms with Crippen molar-refractivity contribution in [1.82, 2.24) is 24.8 Å². The molecule has 3 aromatic heterocycles. The van der Waals surface area contributed by atoms with Gasteiger partial charge in [0.25, 0.3) is 0 Å². The van der Waals surface area contributed by atoms with E-state index in [1.807, 2.05) is 25.1 Å². The third-order valence-electron chi connectivity index (χ3n) is 3.48. The number of H-pyrrole nitrogens is 1. The molecule has 0 aliphatic carbocycles. The molecule has 0 amide bonds. The van der Waals surface area contributed by atoms with E-state index in [0.29, 0.717) is 27.4 Å². The van der Waals surface area contributed by atoms with Crippen LogP contribution >= 0.6 is 11.8 Å². The Balaban J connectivity index is 1.72. The minimum atomic E-state index is -0.404. The third-order valence-corrected chi connectivity index (χ3v) is 4.39. The second kappa shape index (κ2) is 6.10.